The van der Waals surface area contributed by atoms with Crippen molar-refractivity contribution in [3.8, 4) is 11.1 Å². The molecule has 0 radical (unpaired) electrons. The number of benzene rings is 2. The Morgan fingerprint density at radius 1 is 0.697 bits per heavy atom. The van der Waals surface area contributed by atoms with Crippen LogP contribution < -0.4 is 0 Å². The van der Waals surface area contributed by atoms with E-state index in [9.17, 15) is 0 Å². The summed E-state index contributed by atoms with van der Waals surface area (Å²) in [4.78, 5) is 0. The summed E-state index contributed by atoms with van der Waals surface area (Å²) in [6.45, 7) is 8.15. The SMILES string of the molecule is CCCCCC1CCC(c2ccc(-c3ccc(C4(C)OCC(CCC)CO4)cc3)cc2)CC1. The van der Waals surface area contributed by atoms with E-state index in [-0.39, 0.29) is 0 Å². The molecule has 2 fully saturated rings. The van der Waals surface area contributed by atoms with E-state index in [0.29, 0.717) is 5.92 Å². The molecule has 1 saturated carbocycles. The van der Waals surface area contributed by atoms with Crippen LogP contribution in [0.2, 0.25) is 0 Å². The van der Waals surface area contributed by atoms with Crippen molar-refractivity contribution >= 4 is 0 Å². The van der Waals surface area contributed by atoms with Gasteiger partial charge in [0.05, 0.1) is 13.2 Å². The van der Waals surface area contributed by atoms with Crippen LogP contribution in [-0.4, -0.2) is 13.2 Å². The highest BCUT2D eigenvalue weighted by atomic mass is 16.7. The van der Waals surface area contributed by atoms with Gasteiger partial charge >= 0.3 is 0 Å². The quantitative estimate of drug-likeness (QED) is 0.357. The Hall–Kier alpha value is -1.64. The van der Waals surface area contributed by atoms with Crippen molar-refractivity contribution in [2.75, 3.05) is 13.2 Å². The molecule has 0 unspecified atom stereocenters. The van der Waals surface area contributed by atoms with Gasteiger partial charge in [-0.25, -0.2) is 0 Å². The third-order valence-corrected chi connectivity index (χ3v) is 8.07. The van der Waals surface area contributed by atoms with Crippen molar-refractivity contribution in [2.45, 2.75) is 96.7 Å². The minimum atomic E-state index is -0.623. The van der Waals surface area contributed by atoms with Gasteiger partial charge < -0.3 is 9.47 Å². The summed E-state index contributed by atoms with van der Waals surface area (Å²) in [6, 6.07) is 18.1. The Bertz CT molecular complexity index is 822. The molecule has 2 heteroatoms. The molecule has 1 aliphatic carbocycles. The molecular weight excluding hydrogens is 404 g/mol. The average molecular weight is 449 g/mol. The maximum Gasteiger partial charge on any atom is 0.191 e. The molecule has 2 aromatic rings. The summed E-state index contributed by atoms with van der Waals surface area (Å²) < 4.78 is 12.3. The molecule has 0 amide bonds. The molecule has 180 valence electrons. The molecule has 4 rings (SSSR count). The summed E-state index contributed by atoms with van der Waals surface area (Å²) in [5.74, 6) is 1.63. The molecule has 0 atom stereocenters. The lowest BCUT2D eigenvalue weighted by Gasteiger charge is -2.38. The second kappa shape index (κ2) is 11.7. The summed E-state index contributed by atoms with van der Waals surface area (Å²) >= 11 is 0. The van der Waals surface area contributed by atoms with Gasteiger partial charge in [0.15, 0.2) is 5.79 Å². The van der Waals surface area contributed by atoms with Gasteiger partial charge in [0, 0.05) is 11.5 Å². The van der Waals surface area contributed by atoms with Crippen molar-refractivity contribution in [3.05, 3.63) is 59.7 Å². The molecule has 0 bridgehead atoms. The number of hydrogen-bond acceptors (Lipinski definition) is 2. The van der Waals surface area contributed by atoms with Crippen molar-refractivity contribution < 1.29 is 9.47 Å². The smallest absolute Gasteiger partial charge is 0.191 e. The van der Waals surface area contributed by atoms with Gasteiger partial charge in [-0.05, 0) is 67.6 Å². The lowest BCUT2D eigenvalue weighted by atomic mass is 9.77. The van der Waals surface area contributed by atoms with E-state index in [2.05, 4.69) is 69.3 Å². The van der Waals surface area contributed by atoms with Gasteiger partial charge in [0.1, 0.15) is 0 Å². The van der Waals surface area contributed by atoms with E-state index in [0.717, 1.165) is 30.6 Å². The third kappa shape index (κ3) is 6.28. The molecule has 1 heterocycles. The fourth-order valence-electron chi connectivity index (χ4n) is 5.77. The molecule has 2 nitrogen and oxygen atoms in total. The van der Waals surface area contributed by atoms with Crippen LogP contribution in [0.4, 0.5) is 0 Å². The van der Waals surface area contributed by atoms with E-state index in [1.54, 1.807) is 0 Å². The summed E-state index contributed by atoms with van der Waals surface area (Å²) in [6.07, 6.45) is 13.5. The van der Waals surface area contributed by atoms with Crippen molar-refractivity contribution in [1.29, 1.82) is 0 Å². The van der Waals surface area contributed by atoms with E-state index < -0.39 is 5.79 Å². The first kappa shape index (κ1) is 24.5. The van der Waals surface area contributed by atoms with E-state index in [1.165, 1.54) is 80.9 Å². The molecule has 0 spiro atoms. The van der Waals surface area contributed by atoms with Gasteiger partial charge in [-0.2, -0.15) is 0 Å². The zero-order chi connectivity index (χ0) is 23.1. The van der Waals surface area contributed by atoms with Crippen LogP contribution in [0.25, 0.3) is 11.1 Å². The highest BCUT2D eigenvalue weighted by Crippen LogP contribution is 2.39. The Balaban J connectivity index is 1.32. The van der Waals surface area contributed by atoms with Crippen molar-refractivity contribution in [2.24, 2.45) is 11.8 Å². The van der Waals surface area contributed by atoms with Crippen LogP contribution in [0.1, 0.15) is 102 Å². The average Bonchev–Trinajstić information content (AvgIpc) is 2.87. The minimum Gasteiger partial charge on any atom is -0.346 e. The predicted octanol–water partition coefficient (Wildman–Crippen LogP) is 8.84. The Morgan fingerprint density at radius 3 is 1.88 bits per heavy atom. The second-order valence-corrected chi connectivity index (χ2v) is 10.6. The highest BCUT2D eigenvalue weighted by molar-refractivity contribution is 5.64. The first-order valence-corrected chi connectivity index (χ1v) is 13.6. The topological polar surface area (TPSA) is 18.5 Å². The first-order valence-electron chi connectivity index (χ1n) is 13.6. The monoisotopic (exact) mass is 448 g/mol. The third-order valence-electron chi connectivity index (χ3n) is 8.07. The summed E-state index contributed by atoms with van der Waals surface area (Å²) in [5.41, 5.74) is 5.18. The summed E-state index contributed by atoms with van der Waals surface area (Å²) in [7, 11) is 0. The fraction of sp³-hybridized carbons (Fsp3) is 0.613. The van der Waals surface area contributed by atoms with Crippen molar-refractivity contribution in [3.63, 3.8) is 0 Å². The van der Waals surface area contributed by atoms with Crippen LogP contribution in [-0.2, 0) is 15.3 Å². The van der Waals surface area contributed by atoms with Crippen LogP contribution in [0.5, 0.6) is 0 Å². The van der Waals surface area contributed by atoms with Crippen molar-refractivity contribution in [1.82, 2.24) is 0 Å². The van der Waals surface area contributed by atoms with Gasteiger partial charge in [0.25, 0.3) is 0 Å². The Morgan fingerprint density at radius 2 is 1.30 bits per heavy atom. The lowest BCUT2D eigenvalue weighted by molar-refractivity contribution is -0.282. The highest BCUT2D eigenvalue weighted by Gasteiger charge is 2.34. The number of ether oxygens (including phenoxy) is 2. The zero-order valence-electron chi connectivity index (χ0n) is 21.2. The molecule has 0 N–H and O–H groups in total. The van der Waals surface area contributed by atoms with E-state index in [1.807, 2.05) is 0 Å². The second-order valence-electron chi connectivity index (χ2n) is 10.6. The van der Waals surface area contributed by atoms with Crippen LogP contribution >= 0.6 is 0 Å². The normalized spacial score (nSPS) is 28.0. The number of rotatable bonds is 9. The van der Waals surface area contributed by atoms with E-state index in [4.69, 9.17) is 9.47 Å². The molecule has 1 aliphatic heterocycles. The summed E-state index contributed by atoms with van der Waals surface area (Å²) in [5, 5.41) is 0. The van der Waals surface area contributed by atoms with Gasteiger partial charge in [-0.1, -0.05) is 94.5 Å². The standard InChI is InChI=1S/C31H44O2/c1-4-6-7-9-24-10-12-26(13-11-24)27-14-16-28(17-15-27)29-18-20-30(21-19-29)31(3)32-22-25(8-5-2)23-33-31/h14-21,24-26H,4-13,22-23H2,1-3H3. The van der Waals surface area contributed by atoms with Crippen LogP contribution in [0.3, 0.4) is 0 Å². The predicted molar refractivity (Wildman–Crippen MR) is 138 cm³/mol. The molecule has 2 aliphatic rings. The maximum atomic E-state index is 6.16. The zero-order valence-corrected chi connectivity index (χ0v) is 21.2. The molecule has 33 heavy (non-hydrogen) atoms. The minimum absolute atomic E-state index is 0.525. The first-order chi connectivity index (χ1) is 16.1. The molecule has 2 aromatic carbocycles. The van der Waals surface area contributed by atoms with Crippen LogP contribution in [0, 0.1) is 11.8 Å². The number of unbranched alkanes of at least 4 members (excludes halogenated alkanes) is 2. The van der Waals surface area contributed by atoms with E-state index >= 15 is 0 Å². The van der Waals surface area contributed by atoms with Gasteiger partial charge in [0.2, 0.25) is 0 Å². The van der Waals surface area contributed by atoms with Crippen LogP contribution in [0.15, 0.2) is 48.5 Å². The Labute approximate surface area is 202 Å². The fourth-order valence-corrected chi connectivity index (χ4v) is 5.77. The largest absolute Gasteiger partial charge is 0.346 e. The molecule has 1 saturated heterocycles. The maximum absolute atomic E-state index is 6.16. The molecular formula is C31H44O2. The van der Waals surface area contributed by atoms with Gasteiger partial charge in [-0.3, -0.25) is 0 Å². The van der Waals surface area contributed by atoms with Gasteiger partial charge in [-0.15, -0.1) is 0 Å². The Kier molecular flexibility index (Phi) is 8.66. The molecule has 0 aromatic heterocycles. The lowest BCUT2D eigenvalue weighted by Crippen LogP contribution is -2.39. The number of hydrogen-bond donors (Lipinski definition) is 0.